The highest BCUT2D eigenvalue weighted by Crippen LogP contribution is 2.18. The van der Waals surface area contributed by atoms with Crippen LogP contribution in [0.2, 0.25) is 0 Å². The number of amides is 2. The van der Waals surface area contributed by atoms with Gasteiger partial charge in [-0.2, -0.15) is 0 Å². The smallest absolute Gasteiger partial charge is 0.315 e. The molecule has 0 saturated carbocycles. The molecule has 0 radical (unpaired) electrons. The number of benzene rings is 2. The van der Waals surface area contributed by atoms with Crippen molar-refractivity contribution in [1.29, 1.82) is 0 Å². The first-order valence-corrected chi connectivity index (χ1v) is 7.31. The van der Waals surface area contributed by atoms with Crippen LogP contribution in [0.3, 0.4) is 0 Å². The van der Waals surface area contributed by atoms with Crippen LogP contribution in [0.4, 0.5) is 4.79 Å². The maximum absolute atomic E-state index is 12.0. The van der Waals surface area contributed by atoms with Gasteiger partial charge in [0, 0.05) is 6.04 Å². The monoisotopic (exact) mass is 282 g/mol. The van der Waals surface area contributed by atoms with Gasteiger partial charge >= 0.3 is 6.03 Å². The fourth-order valence-corrected chi connectivity index (χ4v) is 2.25. The molecule has 0 fully saturated rings. The lowest BCUT2D eigenvalue weighted by atomic mass is 9.99. The summed E-state index contributed by atoms with van der Waals surface area (Å²) in [6, 6.07) is 20.2. The van der Waals surface area contributed by atoms with Crippen LogP contribution < -0.4 is 10.6 Å². The topological polar surface area (TPSA) is 41.1 Å². The number of rotatable bonds is 5. The van der Waals surface area contributed by atoms with Crippen LogP contribution in [0.5, 0.6) is 0 Å². The number of nitrogens with one attached hydrogen (secondary N) is 2. The van der Waals surface area contributed by atoms with Crippen molar-refractivity contribution in [2.75, 3.05) is 0 Å². The first-order chi connectivity index (χ1) is 10.1. The molecule has 0 saturated heterocycles. The van der Waals surface area contributed by atoms with Crippen LogP contribution in [-0.4, -0.2) is 12.1 Å². The van der Waals surface area contributed by atoms with Crippen molar-refractivity contribution >= 4 is 6.03 Å². The highest BCUT2D eigenvalue weighted by atomic mass is 16.2. The first kappa shape index (κ1) is 15.1. The van der Waals surface area contributed by atoms with Crippen molar-refractivity contribution in [2.24, 2.45) is 0 Å². The van der Waals surface area contributed by atoms with Crippen LogP contribution in [0.1, 0.15) is 31.0 Å². The van der Waals surface area contributed by atoms with Crippen molar-refractivity contribution in [2.45, 2.75) is 32.4 Å². The summed E-state index contributed by atoms with van der Waals surface area (Å²) in [6.45, 7) is 3.91. The Hall–Kier alpha value is -2.29. The van der Waals surface area contributed by atoms with Crippen molar-refractivity contribution in [1.82, 2.24) is 10.6 Å². The van der Waals surface area contributed by atoms with Crippen LogP contribution in [0.15, 0.2) is 60.7 Å². The highest BCUT2D eigenvalue weighted by molar-refractivity contribution is 5.74. The third-order valence-corrected chi connectivity index (χ3v) is 3.21. The molecule has 2 N–H and O–H groups in total. The van der Waals surface area contributed by atoms with Gasteiger partial charge in [0.15, 0.2) is 0 Å². The molecular weight excluding hydrogens is 260 g/mol. The Bertz CT molecular complexity index is 552. The van der Waals surface area contributed by atoms with Gasteiger partial charge in [0.05, 0.1) is 6.04 Å². The van der Waals surface area contributed by atoms with E-state index in [1.165, 1.54) is 5.56 Å². The second-order valence-corrected chi connectivity index (χ2v) is 5.43. The van der Waals surface area contributed by atoms with Gasteiger partial charge in [-0.3, -0.25) is 0 Å². The van der Waals surface area contributed by atoms with E-state index in [4.69, 9.17) is 0 Å². The molecule has 110 valence electrons. The third kappa shape index (κ3) is 4.95. The zero-order chi connectivity index (χ0) is 15.1. The van der Waals surface area contributed by atoms with Gasteiger partial charge in [-0.25, -0.2) is 4.79 Å². The second-order valence-electron chi connectivity index (χ2n) is 5.43. The maximum Gasteiger partial charge on any atom is 0.315 e. The summed E-state index contributed by atoms with van der Waals surface area (Å²) in [5, 5.41) is 5.94. The molecule has 2 amide bonds. The Kier molecular flexibility index (Phi) is 5.38. The van der Waals surface area contributed by atoms with Gasteiger partial charge in [0.25, 0.3) is 0 Å². The zero-order valence-electron chi connectivity index (χ0n) is 12.5. The third-order valence-electron chi connectivity index (χ3n) is 3.21. The van der Waals surface area contributed by atoms with Gasteiger partial charge in [-0.15, -0.1) is 0 Å². The molecule has 21 heavy (non-hydrogen) atoms. The van der Waals surface area contributed by atoms with Gasteiger partial charge in [-0.05, 0) is 31.4 Å². The lowest BCUT2D eigenvalue weighted by molar-refractivity contribution is 0.234. The molecule has 0 spiro atoms. The van der Waals surface area contributed by atoms with E-state index in [2.05, 4.69) is 22.8 Å². The normalized spacial score (nSPS) is 12.0. The summed E-state index contributed by atoms with van der Waals surface area (Å²) in [5.41, 5.74) is 2.32. The summed E-state index contributed by atoms with van der Waals surface area (Å²) < 4.78 is 0. The van der Waals surface area contributed by atoms with E-state index in [1.807, 2.05) is 62.4 Å². The minimum atomic E-state index is -0.130. The number of urea groups is 1. The number of carbonyl (C=O) groups excluding carboxylic acids is 1. The average Bonchev–Trinajstić information content (AvgIpc) is 2.48. The zero-order valence-corrected chi connectivity index (χ0v) is 12.5. The molecule has 0 aliphatic carbocycles. The van der Waals surface area contributed by atoms with E-state index >= 15 is 0 Å². The predicted octanol–water partition coefficient (Wildman–Crippen LogP) is 3.68. The largest absolute Gasteiger partial charge is 0.336 e. The summed E-state index contributed by atoms with van der Waals surface area (Å²) in [5.74, 6) is 0. The Balaban J connectivity index is 2.13. The standard InChI is InChI=1S/C18H22N2O/c1-14(2)19-18(21)20-17(16-11-7-4-8-12-16)13-15-9-5-3-6-10-15/h3-12,14,17H,13H2,1-2H3,(H2,19,20,21). The van der Waals surface area contributed by atoms with E-state index in [0.29, 0.717) is 0 Å². The number of hydrogen-bond acceptors (Lipinski definition) is 1. The van der Waals surface area contributed by atoms with Crippen LogP contribution >= 0.6 is 0 Å². The highest BCUT2D eigenvalue weighted by Gasteiger charge is 2.15. The molecule has 0 heterocycles. The maximum atomic E-state index is 12.0. The molecule has 3 nitrogen and oxygen atoms in total. The van der Waals surface area contributed by atoms with E-state index in [-0.39, 0.29) is 18.1 Å². The van der Waals surface area contributed by atoms with Gasteiger partial charge < -0.3 is 10.6 Å². The number of hydrogen-bond donors (Lipinski definition) is 2. The van der Waals surface area contributed by atoms with E-state index in [9.17, 15) is 4.79 Å². The average molecular weight is 282 g/mol. The van der Waals surface area contributed by atoms with E-state index < -0.39 is 0 Å². The minimum absolute atomic E-state index is 0.0349. The molecule has 1 unspecified atom stereocenters. The lowest BCUT2D eigenvalue weighted by Crippen LogP contribution is -2.41. The lowest BCUT2D eigenvalue weighted by Gasteiger charge is -2.20. The summed E-state index contributed by atoms with van der Waals surface area (Å²) in [4.78, 5) is 12.0. The predicted molar refractivity (Wildman–Crippen MR) is 86.1 cm³/mol. The summed E-state index contributed by atoms with van der Waals surface area (Å²) >= 11 is 0. The Morgan fingerprint density at radius 2 is 1.48 bits per heavy atom. The van der Waals surface area contributed by atoms with E-state index in [1.54, 1.807) is 0 Å². The second kappa shape index (κ2) is 7.48. The molecule has 2 aromatic rings. The van der Waals surface area contributed by atoms with Crippen LogP contribution in [0, 0.1) is 0 Å². The molecule has 2 rings (SSSR count). The number of carbonyl (C=O) groups is 1. The fraction of sp³-hybridized carbons (Fsp3) is 0.278. The summed E-state index contributed by atoms with van der Waals surface area (Å²) in [7, 11) is 0. The molecule has 3 heteroatoms. The fourth-order valence-electron chi connectivity index (χ4n) is 2.25. The van der Waals surface area contributed by atoms with Gasteiger partial charge in [-0.1, -0.05) is 60.7 Å². The van der Waals surface area contributed by atoms with Crippen molar-refractivity contribution in [3.63, 3.8) is 0 Å². The Morgan fingerprint density at radius 3 is 2.05 bits per heavy atom. The van der Waals surface area contributed by atoms with Crippen molar-refractivity contribution < 1.29 is 4.79 Å². The quantitative estimate of drug-likeness (QED) is 0.863. The van der Waals surface area contributed by atoms with Crippen molar-refractivity contribution in [3.05, 3.63) is 71.8 Å². The SMILES string of the molecule is CC(C)NC(=O)NC(Cc1ccccc1)c1ccccc1. The molecule has 0 aliphatic rings. The van der Waals surface area contributed by atoms with E-state index in [0.717, 1.165) is 12.0 Å². The van der Waals surface area contributed by atoms with Gasteiger partial charge in [0.2, 0.25) is 0 Å². The molecule has 1 atom stereocenters. The minimum Gasteiger partial charge on any atom is -0.336 e. The van der Waals surface area contributed by atoms with Crippen LogP contribution in [-0.2, 0) is 6.42 Å². The molecule has 2 aromatic carbocycles. The van der Waals surface area contributed by atoms with Crippen molar-refractivity contribution in [3.8, 4) is 0 Å². The summed E-state index contributed by atoms with van der Waals surface area (Å²) in [6.07, 6.45) is 0.774. The Labute approximate surface area is 126 Å². The molecule has 0 aromatic heterocycles. The van der Waals surface area contributed by atoms with Crippen LogP contribution in [0.25, 0.3) is 0 Å². The van der Waals surface area contributed by atoms with Gasteiger partial charge in [0.1, 0.15) is 0 Å². The first-order valence-electron chi connectivity index (χ1n) is 7.31. The molecular formula is C18H22N2O. The Morgan fingerprint density at radius 1 is 0.905 bits per heavy atom. The molecule has 0 bridgehead atoms. The molecule has 0 aliphatic heterocycles.